The molecule has 1 aromatic carbocycles. The van der Waals surface area contributed by atoms with E-state index in [2.05, 4.69) is 14.7 Å². The third-order valence-corrected chi connectivity index (χ3v) is 5.67. The van der Waals surface area contributed by atoms with Crippen LogP contribution in [-0.4, -0.2) is 44.4 Å². The Morgan fingerprint density at radius 3 is 2.46 bits per heavy atom. The average Bonchev–Trinajstić information content (AvgIpc) is 2.63. The highest BCUT2D eigenvalue weighted by Gasteiger charge is 2.32. The first-order valence-corrected chi connectivity index (χ1v) is 9.74. The highest BCUT2D eigenvalue weighted by Crippen LogP contribution is 2.29. The van der Waals surface area contributed by atoms with Gasteiger partial charge in [0.2, 0.25) is 10.0 Å². The number of benzene rings is 1. The molecule has 1 heterocycles. The molecule has 0 fully saturated rings. The molecule has 0 spiro atoms. The number of esters is 1. The fourth-order valence-electron chi connectivity index (χ4n) is 2.16. The van der Waals surface area contributed by atoms with E-state index in [9.17, 15) is 26.4 Å². The molecule has 13 heteroatoms. The number of sulfonamides is 1. The van der Waals surface area contributed by atoms with Gasteiger partial charge in [0, 0.05) is 17.4 Å². The molecule has 0 unspecified atom stereocenters. The van der Waals surface area contributed by atoms with E-state index >= 15 is 0 Å². The number of methoxy groups -OCH3 is 1. The lowest BCUT2D eigenvalue weighted by Gasteiger charge is -2.24. The molecule has 152 valence electrons. The topological polar surface area (TPSA) is 89.5 Å². The van der Waals surface area contributed by atoms with Crippen molar-refractivity contribution in [3.63, 3.8) is 0 Å². The van der Waals surface area contributed by atoms with Crippen LogP contribution < -0.4 is 4.31 Å². The monoisotopic (exact) mass is 457 g/mol. The number of anilines is 1. The Morgan fingerprint density at radius 1 is 1.21 bits per heavy atom. The molecular formula is C15H12Cl2F3N3O4S. The lowest BCUT2D eigenvalue weighted by molar-refractivity contribution is 0.0594. The summed E-state index contributed by atoms with van der Waals surface area (Å²) in [4.78, 5) is 19.2. The lowest BCUT2D eigenvalue weighted by Crippen LogP contribution is -2.38. The lowest BCUT2D eigenvalue weighted by atomic mass is 10.2. The molecule has 0 saturated heterocycles. The van der Waals surface area contributed by atoms with Crippen molar-refractivity contribution in [2.24, 2.45) is 0 Å². The number of alkyl halides is 2. The first kappa shape index (κ1) is 22.2. The predicted molar refractivity (Wildman–Crippen MR) is 95.8 cm³/mol. The van der Waals surface area contributed by atoms with Crippen molar-refractivity contribution in [2.75, 3.05) is 18.0 Å². The van der Waals surface area contributed by atoms with Gasteiger partial charge in [0.1, 0.15) is 5.82 Å². The second-order valence-electron chi connectivity index (χ2n) is 5.26. The average molecular weight is 458 g/mol. The van der Waals surface area contributed by atoms with Gasteiger partial charge in [0.05, 0.1) is 24.4 Å². The molecule has 0 saturated carbocycles. The summed E-state index contributed by atoms with van der Waals surface area (Å²) in [6.07, 6.45) is -1.03. The molecule has 2 aromatic rings. The summed E-state index contributed by atoms with van der Waals surface area (Å²) in [5, 5.41) is -0.517. The highest BCUT2D eigenvalue weighted by molar-refractivity contribution is 7.92. The molecule has 0 radical (unpaired) electrons. The van der Waals surface area contributed by atoms with Gasteiger partial charge in [0.15, 0.2) is 11.5 Å². The van der Waals surface area contributed by atoms with Crippen molar-refractivity contribution in [1.29, 1.82) is 0 Å². The van der Waals surface area contributed by atoms with Crippen LogP contribution in [0.15, 0.2) is 24.5 Å². The van der Waals surface area contributed by atoms with Gasteiger partial charge >= 0.3 is 5.97 Å². The van der Waals surface area contributed by atoms with Gasteiger partial charge < -0.3 is 4.74 Å². The first-order valence-electron chi connectivity index (χ1n) is 7.38. The maximum atomic E-state index is 13.7. The standard InChI is InChI=1S/C15H12Cl2F3N3O4S/c1-27-15(24)13-14(22-3-2-21-13)23(6-12(19)20)28(25,26)7-8-4-11(18)10(17)5-9(8)16/h2-5,12H,6-7H2,1H3. The summed E-state index contributed by atoms with van der Waals surface area (Å²) < 4.78 is 70.1. The smallest absolute Gasteiger partial charge is 0.360 e. The van der Waals surface area contributed by atoms with Crippen LogP contribution in [0.5, 0.6) is 0 Å². The Balaban J connectivity index is 2.54. The normalized spacial score (nSPS) is 11.5. The van der Waals surface area contributed by atoms with Gasteiger partial charge in [-0.15, -0.1) is 0 Å². The van der Waals surface area contributed by atoms with E-state index in [1.165, 1.54) is 0 Å². The van der Waals surface area contributed by atoms with Gasteiger partial charge in [-0.2, -0.15) is 0 Å². The minimum Gasteiger partial charge on any atom is -0.464 e. The number of nitrogens with zero attached hydrogens (tertiary/aromatic N) is 3. The van der Waals surface area contributed by atoms with Crippen molar-refractivity contribution in [3.8, 4) is 0 Å². The number of carbonyl (C=O) groups excluding carboxylic acids is 1. The van der Waals surface area contributed by atoms with Crippen molar-refractivity contribution >= 4 is 45.0 Å². The molecule has 0 aliphatic heterocycles. The Kier molecular flexibility index (Phi) is 7.07. The zero-order valence-corrected chi connectivity index (χ0v) is 16.4. The fraction of sp³-hybridized carbons (Fsp3) is 0.267. The third-order valence-electron chi connectivity index (χ3n) is 3.36. The van der Waals surface area contributed by atoms with Crippen LogP contribution in [0.2, 0.25) is 10.0 Å². The molecule has 0 aliphatic rings. The summed E-state index contributed by atoms with van der Waals surface area (Å²) in [6, 6.07) is 1.77. The zero-order chi connectivity index (χ0) is 21.1. The zero-order valence-electron chi connectivity index (χ0n) is 14.1. The molecule has 0 aliphatic carbocycles. The maximum Gasteiger partial charge on any atom is 0.360 e. The minimum atomic E-state index is -4.59. The number of ether oxygens (including phenoxy) is 1. The minimum absolute atomic E-state index is 0.181. The van der Waals surface area contributed by atoms with E-state index in [1.807, 2.05) is 0 Å². The van der Waals surface area contributed by atoms with Crippen LogP contribution in [-0.2, 0) is 20.5 Å². The van der Waals surface area contributed by atoms with Crippen LogP contribution in [0.3, 0.4) is 0 Å². The van der Waals surface area contributed by atoms with Crippen molar-refractivity contribution in [1.82, 2.24) is 9.97 Å². The second kappa shape index (κ2) is 8.93. The van der Waals surface area contributed by atoms with E-state index in [-0.39, 0.29) is 19.9 Å². The number of halogens is 5. The summed E-state index contributed by atoms with van der Waals surface area (Å²) in [5.74, 6) is -3.62. The van der Waals surface area contributed by atoms with Gasteiger partial charge in [0.25, 0.3) is 6.43 Å². The maximum absolute atomic E-state index is 13.7. The summed E-state index contributed by atoms with van der Waals surface area (Å²) in [5.41, 5.74) is -0.797. The van der Waals surface area contributed by atoms with Crippen molar-refractivity contribution < 1.29 is 31.1 Å². The SMILES string of the molecule is COC(=O)c1nccnc1N(CC(F)F)S(=O)(=O)Cc1cc(F)c(Cl)cc1Cl. The van der Waals surface area contributed by atoms with Crippen LogP contribution in [0.1, 0.15) is 16.1 Å². The van der Waals surface area contributed by atoms with E-state index in [0.717, 1.165) is 31.6 Å². The molecule has 28 heavy (non-hydrogen) atoms. The number of hydrogen-bond donors (Lipinski definition) is 0. The first-order chi connectivity index (χ1) is 13.1. The molecule has 0 atom stereocenters. The van der Waals surface area contributed by atoms with E-state index < -0.39 is 52.0 Å². The Labute approximate surface area is 168 Å². The number of carbonyl (C=O) groups is 1. The molecule has 2 rings (SSSR count). The fourth-order valence-corrected chi connectivity index (χ4v) is 4.21. The summed E-state index contributed by atoms with van der Waals surface area (Å²) >= 11 is 11.5. The molecule has 1 aromatic heterocycles. The van der Waals surface area contributed by atoms with Gasteiger partial charge in [-0.05, 0) is 17.7 Å². The quantitative estimate of drug-likeness (QED) is 0.467. The molecule has 0 amide bonds. The van der Waals surface area contributed by atoms with Crippen LogP contribution in [0.25, 0.3) is 0 Å². The highest BCUT2D eigenvalue weighted by atomic mass is 35.5. The number of aromatic nitrogens is 2. The summed E-state index contributed by atoms with van der Waals surface area (Å²) in [7, 11) is -3.59. The van der Waals surface area contributed by atoms with E-state index in [4.69, 9.17) is 23.2 Å². The van der Waals surface area contributed by atoms with E-state index in [0.29, 0.717) is 0 Å². The summed E-state index contributed by atoms with van der Waals surface area (Å²) in [6.45, 7) is -1.32. The Hall–Kier alpha value is -2.11. The molecule has 0 bridgehead atoms. The van der Waals surface area contributed by atoms with Gasteiger partial charge in [-0.3, -0.25) is 0 Å². The second-order valence-corrected chi connectivity index (χ2v) is 7.96. The molecule has 7 nitrogen and oxygen atoms in total. The van der Waals surface area contributed by atoms with Crippen molar-refractivity contribution in [2.45, 2.75) is 12.2 Å². The largest absolute Gasteiger partial charge is 0.464 e. The van der Waals surface area contributed by atoms with E-state index in [1.54, 1.807) is 0 Å². The predicted octanol–water partition coefficient (Wildman–Crippen LogP) is 3.31. The van der Waals surface area contributed by atoms with Crippen LogP contribution >= 0.6 is 23.2 Å². The number of hydrogen-bond acceptors (Lipinski definition) is 6. The van der Waals surface area contributed by atoms with Gasteiger partial charge in [-0.1, -0.05) is 23.2 Å². The van der Waals surface area contributed by atoms with Gasteiger partial charge in [-0.25, -0.2) is 40.7 Å². The van der Waals surface area contributed by atoms with Crippen LogP contribution in [0, 0.1) is 5.82 Å². The Bertz CT molecular complexity index is 992. The van der Waals surface area contributed by atoms with Crippen LogP contribution in [0.4, 0.5) is 19.0 Å². The Morgan fingerprint density at radius 2 is 1.86 bits per heavy atom. The number of rotatable bonds is 7. The molecule has 0 N–H and O–H groups in total. The third kappa shape index (κ3) is 5.03. The van der Waals surface area contributed by atoms with Crippen molar-refractivity contribution in [3.05, 3.63) is 51.6 Å². The molecular weight excluding hydrogens is 446 g/mol.